The number of piperazine rings is 1. The smallest absolute Gasteiger partial charge is 0.289 e. The number of carbonyl (C=O) groups is 1. The molecule has 3 heterocycles. The minimum Gasteiger partial charge on any atom is -0.474 e. The minimum absolute atomic E-state index is 0.0609. The van der Waals surface area contributed by atoms with Crippen LogP contribution >= 0.6 is 0 Å². The molecule has 0 unspecified atom stereocenters. The van der Waals surface area contributed by atoms with Crippen LogP contribution in [-0.2, 0) is 6.54 Å². The lowest BCUT2D eigenvalue weighted by Gasteiger charge is -2.36. The molecular formula is C22H29N5O3. The summed E-state index contributed by atoms with van der Waals surface area (Å²) in [6.07, 6.45) is 8.33. The van der Waals surface area contributed by atoms with Crippen molar-refractivity contribution in [3.05, 3.63) is 48.0 Å². The Morgan fingerprint density at radius 2 is 2.00 bits per heavy atom. The van der Waals surface area contributed by atoms with Crippen LogP contribution in [-0.4, -0.2) is 66.0 Å². The highest BCUT2D eigenvalue weighted by molar-refractivity contribution is 5.91. The summed E-state index contributed by atoms with van der Waals surface area (Å²) in [5, 5.41) is 3.42. The summed E-state index contributed by atoms with van der Waals surface area (Å²) in [5.74, 6) is 1.85. The van der Waals surface area contributed by atoms with Crippen LogP contribution in [0.1, 0.15) is 41.8 Å². The van der Waals surface area contributed by atoms with Crippen LogP contribution in [0.3, 0.4) is 0 Å². The van der Waals surface area contributed by atoms with E-state index in [1.165, 1.54) is 19.1 Å². The maximum Gasteiger partial charge on any atom is 0.289 e. The van der Waals surface area contributed by atoms with Crippen molar-refractivity contribution < 1.29 is 13.9 Å². The van der Waals surface area contributed by atoms with E-state index in [0.29, 0.717) is 37.4 Å². The van der Waals surface area contributed by atoms with Gasteiger partial charge >= 0.3 is 0 Å². The lowest BCUT2D eigenvalue weighted by molar-refractivity contribution is 0.0657. The van der Waals surface area contributed by atoms with E-state index in [9.17, 15) is 4.79 Å². The van der Waals surface area contributed by atoms with Gasteiger partial charge in [0.15, 0.2) is 11.7 Å². The molecule has 2 fully saturated rings. The lowest BCUT2D eigenvalue weighted by Crippen LogP contribution is -2.53. The van der Waals surface area contributed by atoms with Gasteiger partial charge in [-0.25, -0.2) is 4.98 Å². The third kappa shape index (κ3) is 4.93. The van der Waals surface area contributed by atoms with E-state index < -0.39 is 0 Å². The fourth-order valence-electron chi connectivity index (χ4n) is 3.99. The zero-order valence-electron chi connectivity index (χ0n) is 17.4. The summed E-state index contributed by atoms with van der Waals surface area (Å²) in [5.41, 5.74) is 1.10. The molecule has 0 bridgehead atoms. The molecule has 1 amide bonds. The van der Waals surface area contributed by atoms with Crippen LogP contribution in [0.25, 0.3) is 0 Å². The molecule has 8 heteroatoms. The minimum atomic E-state index is -0.0609. The van der Waals surface area contributed by atoms with Crippen molar-refractivity contribution >= 4 is 11.9 Å². The zero-order chi connectivity index (χ0) is 20.8. The van der Waals surface area contributed by atoms with Crippen LogP contribution < -0.4 is 10.1 Å². The molecule has 0 aromatic carbocycles. The normalized spacial score (nSPS) is 18.0. The van der Waals surface area contributed by atoms with Gasteiger partial charge in [0, 0.05) is 52.0 Å². The number of amides is 1. The number of carbonyl (C=O) groups excluding carboxylic acids is 1. The summed E-state index contributed by atoms with van der Waals surface area (Å²) in [7, 11) is 1.78. The highest BCUT2D eigenvalue weighted by atomic mass is 16.5. The van der Waals surface area contributed by atoms with Gasteiger partial charge in [-0.15, -0.1) is 0 Å². The Hall–Kier alpha value is -3.03. The van der Waals surface area contributed by atoms with Crippen molar-refractivity contribution in [3.8, 4) is 5.88 Å². The Bertz CT molecular complexity index is 853. The molecule has 2 aromatic rings. The molecule has 0 atom stereocenters. The van der Waals surface area contributed by atoms with Crippen LogP contribution in [0.2, 0.25) is 0 Å². The van der Waals surface area contributed by atoms with Gasteiger partial charge in [-0.3, -0.25) is 9.79 Å². The van der Waals surface area contributed by atoms with Crippen LogP contribution in [0, 0.1) is 0 Å². The van der Waals surface area contributed by atoms with Crippen molar-refractivity contribution in [2.75, 3.05) is 33.2 Å². The molecule has 1 aliphatic carbocycles. The number of hydrogen-bond donors (Lipinski definition) is 1. The molecule has 160 valence electrons. The highest BCUT2D eigenvalue weighted by Gasteiger charge is 2.25. The third-order valence-corrected chi connectivity index (χ3v) is 5.65. The van der Waals surface area contributed by atoms with Gasteiger partial charge in [-0.1, -0.05) is 0 Å². The molecule has 1 aliphatic heterocycles. The number of hydrogen-bond acceptors (Lipinski definition) is 5. The van der Waals surface area contributed by atoms with Gasteiger partial charge < -0.3 is 24.3 Å². The Morgan fingerprint density at radius 1 is 1.23 bits per heavy atom. The first kappa shape index (κ1) is 20.3. The number of ether oxygens (including phenoxy) is 1. The summed E-state index contributed by atoms with van der Waals surface area (Å²) < 4.78 is 11.2. The van der Waals surface area contributed by atoms with E-state index in [1.54, 1.807) is 25.4 Å². The van der Waals surface area contributed by atoms with Gasteiger partial charge in [0.05, 0.1) is 6.26 Å². The molecular weight excluding hydrogens is 382 g/mol. The maximum absolute atomic E-state index is 12.4. The molecule has 0 radical (unpaired) electrons. The standard InChI is InChI=1S/C22H29N5O3/c1-23-22(27-12-10-26(11-13-27)21(28)19-7-4-14-29-19)25-16-17-8-9-24-20(15-17)30-18-5-2-3-6-18/h4,7-9,14-15,18H,2-3,5-6,10-13,16H2,1H3,(H,23,25). The molecule has 4 rings (SSSR count). The summed E-state index contributed by atoms with van der Waals surface area (Å²) in [6, 6.07) is 7.42. The summed E-state index contributed by atoms with van der Waals surface area (Å²) in [4.78, 5) is 25.2. The third-order valence-electron chi connectivity index (χ3n) is 5.65. The Labute approximate surface area is 176 Å². The zero-order valence-corrected chi connectivity index (χ0v) is 17.4. The second-order valence-corrected chi connectivity index (χ2v) is 7.68. The SMILES string of the molecule is CN=C(NCc1ccnc(OC2CCCC2)c1)N1CCN(C(=O)c2ccco2)CC1. The van der Waals surface area contributed by atoms with Gasteiger partial charge in [-0.05, 0) is 49.4 Å². The van der Waals surface area contributed by atoms with E-state index in [2.05, 4.69) is 20.2 Å². The predicted octanol–water partition coefficient (Wildman–Crippen LogP) is 2.53. The number of nitrogens with zero attached hydrogens (tertiary/aromatic N) is 4. The monoisotopic (exact) mass is 411 g/mol. The number of aliphatic imine (C=N–C) groups is 1. The second-order valence-electron chi connectivity index (χ2n) is 7.68. The van der Waals surface area contributed by atoms with Crippen molar-refractivity contribution in [2.24, 2.45) is 4.99 Å². The lowest BCUT2D eigenvalue weighted by atomic mass is 10.2. The maximum atomic E-state index is 12.4. The average molecular weight is 412 g/mol. The van der Waals surface area contributed by atoms with Crippen molar-refractivity contribution in [3.63, 3.8) is 0 Å². The molecule has 30 heavy (non-hydrogen) atoms. The number of rotatable bonds is 5. The second kappa shape index (κ2) is 9.65. The number of pyridine rings is 1. The van der Waals surface area contributed by atoms with Gasteiger partial charge in [-0.2, -0.15) is 0 Å². The molecule has 2 aliphatic rings. The fraction of sp³-hybridized carbons (Fsp3) is 0.500. The Morgan fingerprint density at radius 3 is 2.70 bits per heavy atom. The first-order valence-corrected chi connectivity index (χ1v) is 10.6. The highest BCUT2D eigenvalue weighted by Crippen LogP contribution is 2.23. The Balaban J connectivity index is 1.28. The number of furan rings is 1. The Kier molecular flexibility index (Phi) is 6.51. The van der Waals surface area contributed by atoms with Crippen LogP contribution in [0.4, 0.5) is 0 Å². The van der Waals surface area contributed by atoms with Crippen LogP contribution in [0.5, 0.6) is 5.88 Å². The van der Waals surface area contributed by atoms with Crippen LogP contribution in [0.15, 0.2) is 46.1 Å². The summed E-state index contributed by atoms with van der Waals surface area (Å²) in [6.45, 7) is 3.35. The van der Waals surface area contributed by atoms with Gasteiger partial charge in [0.1, 0.15) is 6.10 Å². The molecule has 1 saturated carbocycles. The van der Waals surface area contributed by atoms with E-state index in [-0.39, 0.29) is 5.91 Å². The van der Waals surface area contributed by atoms with E-state index in [0.717, 1.165) is 37.5 Å². The number of guanidine groups is 1. The molecule has 1 N–H and O–H groups in total. The van der Waals surface area contributed by atoms with Gasteiger partial charge in [0.25, 0.3) is 5.91 Å². The fourth-order valence-corrected chi connectivity index (χ4v) is 3.99. The number of aromatic nitrogens is 1. The van der Waals surface area contributed by atoms with Crippen molar-refractivity contribution in [2.45, 2.75) is 38.3 Å². The predicted molar refractivity (Wildman–Crippen MR) is 114 cm³/mol. The quantitative estimate of drug-likeness (QED) is 0.601. The largest absolute Gasteiger partial charge is 0.474 e. The van der Waals surface area contributed by atoms with E-state index in [4.69, 9.17) is 9.15 Å². The average Bonchev–Trinajstić information content (AvgIpc) is 3.49. The van der Waals surface area contributed by atoms with Crippen molar-refractivity contribution in [1.29, 1.82) is 0 Å². The molecule has 0 spiro atoms. The number of nitrogens with one attached hydrogen (secondary N) is 1. The van der Waals surface area contributed by atoms with Crippen molar-refractivity contribution in [1.82, 2.24) is 20.1 Å². The first-order valence-electron chi connectivity index (χ1n) is 10.6. The molecule has 1 saturated heterocycles. The van der Waals surface area contributed by atoms with E-state index >= 15 is 0 Å². The topological polar surface area (TPSA) is 83.2 Å². The van der Waals surface area contributed by atoms with Gasteiger partial charge in [0.2, 0.25) is 5.88 Å². The van der Waals surface area contributed by atoms with E-state index in [1.807, 2.05) is 17.0 Å². The molecule has 2 aromatic heterocycles. The molecule has 8 nitrogen and oxygen atoms in total. The summed E-state index contributed by atoms with van der Waals surface area (Å²) >= 11 is 0. The first-order chi connectivity index (χ1) is 14.7.